The summed E-state index contributed by atoms with van der Waals surface area (Å²) in [6.45, 7) is 0.230. The molecule has 0 fully saturated rings. The lowest BCUT2D eigenvalue weighted by molar-refractivity contribution is -0.121. The molecule has 4 aromatic rings. The third-order valence-corrected chi connectivity index (χ3v) is 4.38. The number of para-hydroxylation sites is 4. The maximum absolute atomic E-state index is 12.4. The van der Waals surface area contributed by atoms with Crippen LogP contribution in [0.1, 0.15) is 5.82 Å². The summed E-state index contributed by atoms with van der Waals surface area (Å²) in [7, 11) is 1.91. The average Bonchev–Trinajstić information content (AvgIpc) is 2.99. The van der Waals surface area contributed by atoms with E-state index in [-0.39, 0.29) is 18.0 Å². The van der Waals surface area contributed by atoms with Crippen molar-refractivity contribution in [3.8, 4) is 0 Å². The molecule has 130 valence electrons. The number of amides is 1. The summed E-state index contributed by atoms with van der Waals surface area (Å²) < 4.78 is 3.37. The molecule has 0 radical (unpaired) electrons. The number of nitrogens with zero attached hydrogens (tertiary/aromatic N) is 4. The molecule has 4 rings (SSSR count). The summed E-state index contributed by atoms with van der Waals surface area (Å²) in [4.78, 5) is 33.1. The van der Waals surface area contributed by atoms with Crippen LogP contribution < -0.4 is 10.9 Å². The average molecular weight is 347 g/mol. The zero-order valence-electron chi connectivity index (χ0n) is 14.2. The van der Waals surface area contributed by atoms with E-state index in [1.165, 1.54) is 10.8 Å². The zero-order chi connectivity index (χ0) is 18.1. The van der Waals surface area contributed by atoms with Gasteiger partial charge in [-0.2, -0.15) is 0 Å². The molecule has 0 aliphatic heterocycles. The lowest BCUT2D eigenvalue weighted by atomic mass is 10.3. The van der Waals surface area contributed by atoms with Gasteiger partial charge in [-0.15, -0.1) is 0 Å². The first-order chi connectivity index (χ1) is 12.6. The quantitative estimate of drug-likeness (QED) is 0.608. The minimum atomic E-state index is -0.304. The van der Waals surface area contributed by atoms with Crippen LogP contribution in [0.3, 0.4) is 0 Å². The van der Waals surface area contributed by atoms with E-state index in [1.807, 2.05) is 54.1 Å². The molecule has 2 aromatic heterocycles. The molecule has 0 unspecified atom stereocenters. The highest BCUT2D eigenvalue weighted by atomic mass is 16.2. The number of benzene rings is 2. The van der Waals surface area contributed by atoms with E-state index in [0.29, 0.717) is 17.6 Å². The van der Waals surface area contributed by atoms with Gasteiger partial charge in [0.05, 0.1) is 34.8 Å². The number of aromatic nitrogens is 4. The lowest BCUT2D eigenvalue weighted by Crippen LogP contribution is -2.32. The SMILES string of the molecule is Cn1c(CNC(=O)Cn2c(=O)cnc3ccccc32)nc2ccccc21. The van der Waals surface area contributed by atoms with Crippen LogP contribution in [0.5, 0.6) is 0 Å². The summed E-state index contributed by atoms with van der Waals surface area (Å²) >= 11 is 0. The highest BCUT2D eigenvalue weighted by Gasteiger charge is 2.11. The molecular formula is C19H17N5O2. The number of imidazole rings is 1. The van der Waals surface area contributed by atoms with Gasteiger partial charge in [0.25, 0.3) is 5.56 Å². The number of rotatable bonds is 4. The van der Waals surface area contributed by atoms with E-state index in [2.05, 4.69) is 15.3 Å². The standard InChI is InChI=1S/C19H17N5O2/c1-23-15-8-4-3-7-14(15)22-17(23)10-21-18(25)12-24-16-9-5-2-6-13(16)20-11-19(24)26/h2-9,11H,10,12H2,1H3,(H,21,25). The van der Waals surface area contributed by atoms with Crippen molar-refractivity contribution in [2.45, 2.75) is 13.1 Å². The van der Waals surface area contributed by atoms with Crippen LogP contribution in [0.15, 0.2) is 59.5 Å². The van der Waals surface area contributed by atoms with E-state index >= 15 is 0 Å². The molecule has 0 atom stereocenters. The van der Waals surface area contributed by atoms with Gasteiger partial charge in [-0.05, 0) is 24.3 Å². The van der Waals surface area contributed by atoms with Gasteiger partial charge in [-0.25, -0.2) is 9.97 Å². The minimum absolute atomic E-state index is 0.0637. The Morgan fingerprint density at radius 2 is 1.73 bits per heavy atom. The fourth-order valence-electron chi connectivity index (χ4n) is 3.01. The second-order valence-corrected chi connectivity index (χ2v) is 6.02. The van der Waals surface area contributed by atoms with Gasteiger partial charge in [0, 0.05) is 7.05 Å². The number of fused-ring (bicyclic) bond motifs is 2. The predicted octanol–water partition coefficient (Wildman–Crippen LogP) is 1.60. The number of nitrogens with one attached hydrogen (secondary N) is 1. The molecule has 2 aromatic carbocycles. The van der Waals surface area contributed by atoms with Crippen LogP contribution in [0.2, 0.25) is 0 Å². The molecular weight excluding hydrogens is 330 g/mol. The molecule has 7 heteroatoms. The summed E-state index contributed by atoms with van der Waals surface area (Å²) in [5, 5.41) is 2.84. The van der Waals surface area contributed by atoms with E-state index < -0.39 is 0 Å². The molecule has 0 saturated heterocycles. The van der Waals surface area contributed by atoms with Gasteiger partial charge in [0.2, 0.25) is 5.91 Å². The molecule has 26 heavy (non-hydrogen) atoms. The highest BCUT2D eigenvalue weighted by Crippen LogP contribution is 2.14. The molecule has 0 spiro atoms. The summed E-state index contributed by atoms with van der Waals surface area (Å²) in [6.07, 6.45) is 1.24. The second-order valence-electron chi connectivity index (χ2n) is 6.02. The Bertz CT molecular complexity index is 1180. The van der Waals surface area contributed by atoms with Crippen molar-refractivity contribution < 1.29 is 4.79 Å². The van der Waals surface area contributed by atoms with Gasteiger partial charge >= 0.3 is 0 Å². The maximum Gasteiger partial charge on any atom is 0.269 e. The van der Waals surface area contributed by atoms with Crippen molar-refractivity contribution in [1.82, 2.24) is 24.4 Å². The number of carbonyl (C=O) groups is 1. The van der Waals surface area contributed by atoms with E-state index in [1.54, 1.807) is 6.07 Å². The molecule has 1 N–H and O–H groups in total. The first-order valence-electron chi connectivity index (χ1n) is 8.25. The fourth-order valence-corrected chi connectivity index (χ4v) is 3.01. The number of hydrogen-bond donors (Lipinski definition) is 1. The van der Waals surface area contributed by atoms with E-state index in [0.717, 1.165) is 16.9 Å². The highest BCUT2D eigenvalue weighted by molar-refractivity contribution is 5.80. The van der Waals surface area contributed by atoms with E-state index in [9.17, 15) is 9.59 Å². The van der Waals surface area contributed by atoms with Gasteiger partial charge < -0.3 is 9.88 Å². The molecule has 0 aliphatic rings. The van der Waals surface area contributed by atoms with Crippen molar-refractivity contribution >= 4 is 28.0 Å². The Labute approximate surface area is 148 Å². The molecule has 7 nitrogen and oxygen atoms in total. The number of hydrogen-bond acceptors (Lipinski definition) is 4. The second kappa shape index (κ2) is 6.44. The third-order valence-electron chi connectivity index (χ3n) is 4.38. The predicted molar refractivity (Wildman–Crippen MR) is 98.6 cm³/mol. The van der Waals surface area contributed by atoms with Crippen LogP contribution in [0.4, 0.5) is 0 Å². The van der Waals surface area contributed by atoms with Gasteiger partial charge in [-0.1, -0.05) is 24.3 Å². The fraction of sp³-hybridized carbons (Fsp3) is 0.158. The maximum atomic E-state index is 12.4. The molecule has 0 aliphatic carbocycles. The zero-order valence-corrected chi connectivity index (χ0v) is 14.2. The molecule has 1 amide bonds. The molecule has 0 bridgehead atoms. The summed E-state index contributed by atoms with van der Waals surface area (Å²) in [6, 6.07) is 15.0. The summed E-state index contributed by atoms with van der Waals surface area (Å²) in [5.74, 6) is 0.502. The monoisotopic (exact) mass is 347 g/mol. The van der Waals surface area contributed by atoms with Crippen LogP contribution in [0, 0.1) is 0 Å². The van der Waals surface area contributed by atoms with E-state index in [4.69, 9.17) is 0 Å². The number of aryl methyl sites for hydroxylation is 1. The Morgan fingerprint density at radius 1 is 1.04 bits per heavy atom. The van der Waals surface area contributed by atoms with Gasteiger partial charge in [0.1, 0.15) is 12.4 Å². The van der Waals surface area contributed by atoms with Gasteiger partial charge in [0.15, 0.2) is 0 Å². The van der Waals surface area contributed by atoms with Crippen molar-refractivity contribution in [3.05, 3.63) is 70.9 Å². The van der Waals surface area contributed by atoms with Crippen molar-refractivity contribution in [1.29, 1.82) is 0 Å². The van der Waals surface area contributed by atoms with Crippen LogP contribution >= 0.6 is 0 Å². The molecule has 0 saturated carbocycles. The van der Waals surface area contributed by atoms with Crippen LogP contribution in [-0.2, 0) is 24.9 Å². The first-order valence-corrected chi connectivity index (χ1v) is 8.25. The first kappa shape index (κ1) is 16.0. The van der Waals surface area contributed by atoms with Crippen molar-refractivity contribution in [2.24, 2.45) is 7.05 Å². The van der Waals surface area contributed by atoms with Crippen molar-refractivity contribution in [3.63, 3.8) is 0 Å². The summed E-state index contributed by atoms with van der Waals surface area (Å²) in [5.41, 5.74) is 2.90. The Balaban J connectivity index is 1.54. The Hall–Kier alpha value is -3.48. The largest absolute Gasteiger partial charge is 0.347 e. The minimum Gasteiger partial charge on any atom is -0.347 e. The van der Waals surface area contributed by atoms with Crippen LogP contribution in [-0.4, -0.2) is 25.0 Å². The Morgan fingerprint density at radius 3 is 2.50 bits per heavy atom. The Kier molecular flexibility index (Phi) is 3.96. The normalized spacial score (nSPS) is 11.1. The number of carbonyl (C=O) groups excluding carboxylic acids is 1. The van der Waals surface area contributed by atoms with Gasteiger partial charge in [-0.3, -0.25) is 14.2 Å². The smallest absolute Gasteiger partial charge is 0.269 e. The van der Waals surface area contributed by atoms with Crippen molar-refractivity contribution in [2.75, 3.05) is 0 Å². The third kappa shape index (κ3) is 2.83. The molecule has 2 heterocycles. The topological polar surface area (TPSA) is 81.8 Å². The van der Waals surface area contributed by atoms with Crippen LogP contribution in [0.25, 0.3) is 22.1 Å². The lowest BCUT2D eigenvalue weighted by Gasteiger charge is -2.10.